The number of imidazole rings is 1. The summed E-state index contributed by atoms with van der Waals surface area (Å²) in [5.74, 6) is -0.367. The summed E-state index contributed by atoms with van der Waals surface area (Å²) >= 11 is 0. The van der Waals surface area contributed by atoms with Gasteiger partial charge in [0.1, 0.15) is 5.65 Å². The fourth-order valence-corrected chi connectivity index (χ4v) is 1.65. The highest BCUT2D eigenvalue weighted by Crippen LogP contribution is 2.12. The number of aryl methyl sites for hydroxylation is 1. The molecule has 0 fully saturated rings. The highest BCUT2D eigenvalue weighted by atomic mass is 16.5. The second kappa shape index (κ2) is 4.35. The lowest BCUT2D eigenvalue weighted by Crippen LogP contribution is -2.04. The first-order valence-corrected chi connectivity index (χ1v) is 5.40. The summed E-state index contributed by atoms with van der Waals surface area (Å²) < 4.78 is 6.77. The standard InChI is InChI=1S/C12H14N2O2/c1-3-9-6-5-7-14-8-10(13-11(9)14)12(15)16-4-2/h5-8H,3-4H2,1-2H3. The van der Waals surface area contributed by atoms with Crippen LogP contribution in [-0.2, 0) is 11.2 Å². The molecule has 0 aliphatic carbocycles. The molecule has 0 aliphatic heterocycles. The van der Waals surface area contributed by atoms with Crippen LogP contribution >= 0.6 is 0 Å². The third-order valence-electron chi connectivity index (χ3n) is 2.43. The summed E-state index contributed by atoms with van der Waals surface area (Å²) in [4.78, 5) is 15.8. The van der Waals surface area contributed by atoms with E-state index in [0.29, 0.717) is 12.3 Å². The molecule has 0 saturated carbocycles. The molecule has 4 nitrogen and oxygen atoms in total. The number of hydrogen-bond acceptors (Lipinski definition) is 3. The van der Waals surface area contributed by atoms with Crippen LogP contribution in [-0.4, -0.2) is 22.0 Å². The Morgan fingerprint density at radius 2 is 2.31 bits per heavy atom. The number of esters is 1. The Morgan fingerprint density at radius 1 is 1.50 bits per heavy atom. The van der Waals surface area contributed by atoms with Gasteiger partial charge in [0.05, 0.1) is 6.61 Å². The molecule has 0 unspecified atom stereocenters. The molecule has 2 heterocycles. The van der Waals surface area contributed by atoms with E-state index in [-0.39, 0.29) is 5.97 Å². The number of carbonyl (C=O) groups is 1. The van der Waals surface area contributed by atoms with Crippen molar-refractivity contribution in [2.75, 3.05) is 6.61 Å². The molecule has 0 aromatic carbocycles. The van der Waals surface area contributed by atoms with Crippen LogP contribution in [0.5, 0.6) is 0 Å². The van der Waals surface area contributed by atoms with E-state index < -0.39 is 0 Å². The van der Waals surface area contributed by atoms with Gasteiger partial charge in [0.25, 0.3) is 0 Å². The first kappa shape index (κ1) is 10.7. The molecule has 0 amide bonds. The van der Waals surface area contributed by atoms with Crippen LogP contribution < -0.4 is 0 Å². The number of nitrogens with zero attached hydrogens (tertiary/aromatic N) is 2. The zero-order chi connectivity index (χ0) is 11.5. The summed E-state index contributed by atoms with van der Waals surface area (Å²) in [7, 11) is 0. The molecule has 4 heteroatoms. The quantitative estimate of drug-likeness (QED) is 0.741. The fraction of sp³-hybridized carbons (Fsp3) is 0.333. The van der Waals surface area contributed by atoms with Crippen molar-refractivity contribution in [3.05, 3.63) is 35.8 Å². The Bertz CT molecular complexity index is 517. The minimum atomic E-state index is -0.367. The predicted octanol–water partition coefficient (Wildman–Crippen LogP) is 2.07. The van der Waals surface area contributed by atoms with Crippen molar-refractivity contribution in [1.29, 1.82) is 0 Å². The normalized spacial score (nSPS) is 10.6. The van der Waals surface area contributed by atoms with Gasteiger partial charge in [0, 0.05) is 12.4 Å². The van der Waals surface area contributed by atoms with Gasteiger partial charge in [0.15, 0.2) is 5.69 Å². The summed E-state index contributed by atoms with van der Waals surface area (Å²) in [6.07, 6.45) is 4.47. The van der Waals surface area contributed by atoms with Crippen LogP contribution in [0.2, 0.25) is 0 Å². The number of aromatic nitrogens is 2. The molecule has 0 radical (unpaired) electrons. The van der Waals surface area contributed by atoms with Gasteiger partial charge in [0.2, 0.25) is 0 Å². The molecule has 0 saturated heterocycles. The van der Waals surface area contributed by atoms with E-state index in [1.54, 1.807) is 13.1 Å². The molecule has 84 valence electrons. The summed E-state index contributed by atoms with van der Waals surface area (Å²) in [5, 5.41) is 0. The molecule has 2 rings (SSSR count). The van der Waals surface area contributed by atoms with Crippen molar-refractivity contribution in [1.82, 2.24) is 9.38 Å². The van der Waals surface area contributed by atoms with Gasteiger partial charge in [-0.3, -0.25) is 0 Å². The van der Waals surface area contributed by atoms with E-state index in [0.717, 1.165) is 17.6 Å². The third kappa shape index (κ3) is 1.78. The number of rotatable bonds is 3. The lowest BCUT2D eigenvalue weighted by atomic mass is 10.2. The van der Waals surface area contributed by atoms with Crippen LogP contribution in [0.3, 0.4) is 0 Å². The SMILES string of the molecule is CCOC(=O)c1cn2cccc(CC)c2n1. The van der Waals surface area contributed by atoms with E-state index >= 15 is 0 Å². The Balaban J connectivity index is 2.47. The highest BCUT2D eigenvalue weighted by molar-refractivity contribution is 5.88. The molecule has 2 aromatic heterocycles. The third-order valence-corrected chi connectivity index (χ3v) is 2.43. The smallest absolute Gasteiger partial charge is 0.358 e. The lowest BCUT2D eigenvalue weighted by molar-refractivity contribution is 0.0520. The van der Waals surface area contributed by atoms with Crippen molar-refractivity contribution < 1.29 is 9.53 Å². The maximum Gasteiger partial charge on any atom is 0.358 e. The number of ether oxygens (including phenoxy) is 1. The van der Waals surface area contributed by atoms with Crippen LogP contribution in [0.15, 0.2) is 24.5 Å². The van der Waals surface area contributed by atoms with Crippen molar-refractivity contribution in [3.63, 3.8) is 0 Å². The van der Waals surface area contributed by atoms with Crippen LogP contribution in [0.4, 0.5) is 0 Å². The van der Waals surface area contributed by atoms with Crippen LogP contribution in [0.25, 0.3) is 5.65 Å². The van der Waals surface area contributed by atoms with Gasteiger partial charge in [-0.05, 0) is 25.0 Å². The maximum absolute atomic E-state index is 11.5. The average Bonchev–Trinajstić information content (AvgIpc) is 2.72. The summed E-state index contributed by atoms with van der Waals surface area (Å²) in [5.41, 5.74) is 2.31. The molecular weight excluding hydrogens is 204 g/mol. The van der Waals surface area contributed by atoms with E-state index in [9.17, 15) is 4.79 Å². The second-order valence-corrected chi connectivity index (χ2v) is 3.46. The Morgan fingerprint density at radius 3 is 3.00 bits per heavy atom. The highest BCUT2D eigenvalue weighted by Gasteiger charge is 2.12. The second-order valence-electron chi connectivity index (χ2n) is 3.46. The first-order valence-electron chi connectivity index (χ1n) is 5.40. The fourth-order valence-electron chi connectivity index (χ4n) is 1.65. The molecule has 0 bridgehead atoms. The Hall–Kier alpha value is -1.84. The van der Waals surface area contributed by atoms with E-state index in [2.05, 4.69) is 11.9 Å². The predicted molar refractivity (Wildman–Crippen MR) is 60.5 cm³/mol. The van der Waals surface area contributed by atoms with E-state index in [4.69, 9.17) is 4.74 Å². The number of pyridine rings is 1. The van der Waals surface area contributed by atoms with Crippen molar-refractivity contribution in [3.8, 4) is 0 Å². The summed E-state index contributed by atoms with van der Waals surface area (Å²) in [6.45, 7) is 4.21. The van der Waals surface area contributed by atoms with Crippen molar-refractivity contribution >= 4 is 11.6 Å². The van der Waals surface area contributed by atoms with E-state index in [1.807, 2.05) is 22.7 Å². The number of carbonyl (C=O) groups excluding carboxylic acids is 1. The minimum absolute atomic E-state index is 0.364. The molecule has 2 aromatic rings. The van der Waals surface area contributed by atoms with Gasteiger partial charge in [-0.15, -0.1) is 0 Å². The molecule has 0 aliphatic rings. The first-order chi connectivity index (χ1) is 7.76. The minimum Gasteiger partial charge on any atom is -0.461 e. The Kier molecular flexibility index (Phi) is 2.90. The largest absolute Gasteiger partial charge is 0.461 e. The van der Waals surface area contributed by atoms with E-state index in [1.165, 1.54) is 0 Å². The molecular formula is C12H14N2O2. The van der Waals surface area contributed by atoms with Crippen molar-refractivity contribution in [2.24, 2.45) is 0 Å². The Labute approximate surface area is 93.9 Å². The number of hydrogen-bond donors (Lipinski definition) is 0. The van der Waals surface area contributed by atoms with Gasteiger partial charge in [-0.25, -0.2) is 9.78 Å². The van der Waals surface area contributed by atoms with Crippen LogP contribution in [0, 0.1) is 0 Å². The molecule has 0 N–H and O–H groups in total. The zero-order valence-electron chi connectivity index (χ0n) is 9.43. The summed E-state index contributed by atoms with van der Waals surface area (Å²) in [6, 6.07) is 3.96. The average molecular weight is 218 g/mol. The van der Waals surface area contributed by atoms with Crippen LogP contribution in [0.1, 0.15) is 29.9 Å². The van der Waals surface area contributed by atoms with Crippen molar-refractivity contribution in [2.45, 2.75) is 20.3 Å². The maximum atomic E-state index is 11.5. The topological polar surface area (TPSA) is 43.6 Å². The number of fused-ring (bicyclic) bond motifs is 1. The lowest BCUT2D eigenvalue weighted by Gasteiger charge is -1.97. The molecule has 16 heavy (non-hydrogen) atoms. The van der Waals surface area contributed by atoms with Gasteiger partial charge >= 0.3 is 5.97 Å². The van der Waals surface area contributed by atoms with Gasteiger partial charge < -0.3 is 9.14 Å². The molecule has 0 atom stereocenters. The molecule has 0 spiro atoms. The zero-order valence-corrected chi connectivity index (χ0v) is 9.43. The monoisotopic (exact) mass is 218 g/mol. The van der Waals surface area contributed by atoms with Gasteiger partial charge in [-0.2, -0.15) is 0 Å². The van der Waals surface area contributed by atoms with Gasteiger partial charge in [-0.1, -0.05) is 13.0 Å².